The molecule has 0 aliphatic carbocycles. The Balaban J connectivity index is 1.85. The molecule has 1 amide bonds. The number of amides is 1. The van der Waals surface area contributed by atoms with Crippen molar-refractivity contribution in [2.24, 2.45) is 0 Å². The lowest BCUT2D eigenvalue weighted by molar-refractivity contribution is -0.121. The summed E-state index contributed by atoms with van der Waals surface area (Å²) in [6.07, 6.45) is 5.04. The number of likely N-dealkylation sites (N-methyl/N-ethyl adjacent to an activating group) is 2. The largest absolute Gasteiger partial charge is 0.342 e. The highest BCUT2D eigenvalue weighted by atomic mass is 79.9. The van der Waals surface area contributed by atoms with E-state index in [9.17, 15) is 4.79 Å². The molecule has 2 heterocycles. The minimum atomic E-state index is -0.0713. The van der Waals surface area contributed by atoms with E-state index in [1.165, 1.54) is 21.5 Å². The van der Waals surface area contributed by atoms with E-state index in [2.05, 4.69) is 76.1 Å². The average molecular weight is 468 g/mol. The second-order valence-electron chi connectivity index (χ2n) is 7.24. The molecule has 1 aliphatic heterocycles. The molecule has 0 N–H and O–H groups in total. The van der Waals surface area contributed by atoms with Gasteiger partial charge in [0, 0.05) is 42.3 Å². The van der Waals surface area contributed by atoms with Crippen molar-refractivity contribution in [3.05, 3.63) is 75.5 Å². The second kappa shape index (κ2) is 7.76. The minimum absolute atomic E-state index is 0.0713. The molecule has 3 aromatic rings. The van der Waals surface area contributed by atoms with Crippen LogP contribution in [0.25, 0.3) is 17.0 Å². The summed E-state index contributed by atoms with van der Waals surface area (Å²) in [6, 6.07) is 14.8. The third kappa shape index (κ3) is 3.51. The Hall–Kier alpha value is -2.44. The van der Waals surface area contributed by atoms with E-state index in [-0.39, 0.29) is 5.91 Å². The first-order valence-corrected chi connectivity index (χ1v) is 10.7. The van der Waals surface area contributed by atoms with E-state index in [0.717, 1.165) is 28.4 Å². The molecule has 1 aliphatic rings. The molecule has 4 nitrogen and oxygen atoms in total. The molecule has 29 heavy (non-hydrogen) atoms. The molecule has 0 saturated carbocycles. The Bertz CT molecular complexity index is 1150. The highest BCUT2D eigenvalue weighted by Crippen LogP contribution is 2.30. The maximum absolute atomic E-state index is 12.6. The van der Waals surface area contributed by atoms with Crippen LogP contribution in [0.2, 0.25) is 0 Å². The fourth-order valence-corrected chi connectivity index (χ4v) is 4.26. The zero-order valence-corrected chi connectivity index (χ0v) is 19.0. The van der Waals surface area contributed by atoms with E-state index >= 15 is 0 Å². The van der Waals surface area contributed by atoms with Crippen molar-refractivity contribution in [1.29, 1.82) is 0 Å². The number of para-hydroxylation sites is 1. The third-order valence-electron chi connectivity index (χ3n) is 5.41. The normalized spacial score (nSPS) is 15.9. The number of aryl methyl sites for hydroxylation is 1. The number of thiocarbonyl (C=S) groups is 1. The van der Waals surface area contributed by atoms with Gasteiger partial charge in [-0.2, -0.15) is 0 Å². The van der Waals surface area contributed by atoms with Gasteiger partial charge in [0.1, 0.15) is 5.70 Å². The standard InChI is InChI=1S/C23H22BrN3OS/c1-4-16-6-5-7-19-17(12-20-22(28)26(3)23(29)25(20)2)14-27(21(16)19)13-15-8-10-18(24)11-9-15/h5-12,14H,4,13H2,1-3H3/b20-12-. The first-order chi connectivity index (χ1) is 13.9. The molecule has 4 rings (SSSR count). The maximum atomic E-state index is 12.6. The summed E-state index contributed by atoms with van der Waals surface area (Å²) in [5.41, 5.74) is 5.37. The molecular weight excluding hydrogens is 446 g/mol. The molecule has 6 heteroatoms. The second-order valence-corrected chi connectivity index (χ2v) is 8.52. The molecule has 2 aromatic carbocycles. The number of carbonyl (C=O) groups excluding carboxylic acids is 1. The number of rotatable bonds is 4. The summed E-state index contributed by atoms with van der Waals surface area (Å²) >= 11 is 8.86. The van der Waals surface area contributed by atoms with Gasteiger partial charge in [-0.1, -0.05) is 53.2 Å². The highest BCUT2D eigenvalue weighted by molar-refractivity contribution is 9.10. The SMILES string of the molecule is CCc1cccc2c(/C=C3/C(=O)N(C)C(=S)N3C)cn(Cc3ccc(Br)cc3)c12. The molecule has 0 atom stereocenters. The number of hydrogen-bond donors (Lipinski definition) is 0. The smallest absolute Gasteiger partial charge is 0.276 e. The van der Waals surface area contributed by atoms with Gasteiger partial charge in [-0.3, -0.25) is 9.69 Å². The maximum Gasteiger partial charge on any atom is 0.276 e. The Morgan fingerprint density at radius 2 is 1.79 bits per heavy atom. The van der Waals surface area contributed by atoms with Crippen molar-refractivity contribution in [3.63, 3.8) is 0 Å². The molecule has 0 spiro atoms. The lowest BCUT2D eigenvalue weighted by Crippen LogP contribution is -2.26. The Labute approximate surface area is 184 Å². The van der Waals surface area contributed by atoms with E-state index in [1.54, 1.807) is 11.9 Å². The summed E-state index contributed by atoms with van der Waals surface area (Å²) in [6.45, 7) is 2.94. The van der Waals surface area contributed by atoms with E-state index < -0.39 is 0 Å². The van der Waals surface area contributed by atoms with Crippen LogP contribution in [0.1, 0.15) is 23.6 Å². The van der Waals surface area contributed by atoms with Gasteiger partial charge in [0.2, 0.25) is 0 Å². The summed E-state index contributed by atoms with van der Waals surface area (Å²) in [7, 11) is 3.56. The number of fused-ring (bicyclic) bond motifs is 1. The average Bonchev–Trinajstić information content (AvgIpc) is 3.16. The number of benzene rings is 2. The van der Waals surface area contributed by atoms with Gasteiger partial charge in [0.05, 0.1) is 5.52 Å². The molecule has 148 valence electrons. The van der Waals surface area contributed by atoms with Crippen LogP contribution in [0.5, 0.6) is 0 Å². The lowest BCUT2D eigenvalue weighted by atomic mass is 10.1. The summed E-state index contributed by atoms with van der Waals surface area (Å²) < 4.78 is 3.35. The Kier molecular flexibility index (Phi) is 5.32. The Morgan fingerprint density at radius 3 is 2.41 bits per heavy atom. The third-order valence-corrected chi connectivity index (χ3v) is 6.49. The van der Waals surface area contributed by atoms with Gasteiger partial charge < -0.3 is 9.47 Å². The van der Waals surface area contributed by atoms with Crippen molar-refractivity contribution in [2.45, 2.75) is 19.9 Å². The Morgan fingerprint density at radius 1 is 1.07 bits per heavy atom. The van der Waals surface area contributed by atoms with Gasteiger partial charge in [-0.25, -0.2) is 0 Å². The molecule has 0 bridgehead atoms. The fraction of sp³-hybridized carbons (Fsp3) is 0.217. The highest BCUT2D eigenvalue weighted by Gasteiger charge is 2.33. The topological polar surface area (TPSA) is 28.5 Å². The van der Waals surface area contributed by atoms with Gasteiger partial charge in [-0.15, -0.1) is 0 Å². The number of carbonyl (C=O) groups is 1. The summed E-state index contributed by atoms with van der Waals surface area (Å²) in [4.78, 5) is 15.9. The number of hydrogen-bond acceptors (Lipinski definition) is 2. The van der Waals surface area contributed by atoms with Crippen molar-refractivity contribution in [1.82, 2.24) is 14.4 Å². The zero-order valence-electron chi connectivity index (χ0n) is 16.6. The molecular formula is C23H22BrN3OS. The molecule has 1 fully saturated rings. The van der Waals surface area contributed by atoms with Crippen molar-refractivity contribution in [2.75, 3.05) is 14.1 Å². The van der Waals surface area contributed by atoms with Crippen LogP contribution in [-0.4, -0.2) is 39.5 Å². The van der Waals surface area contributed by atoms with Gasteiger partial charge in [-0.05, 0) is 48.0 Å². The van der Waals surface area contributed by atoms with Crippen LogP contribution >= 0.6 is 28.1 Å². The van der Waals surface area contributed by atoms with Crippen LogP contribution in [-0.2, 0) is 17.8 Å². The van der Waals surface area contributed by atoms with Crippen molar-refractivity contribution in [3.8, 4) is 0 Å². The first kappa shape index (κ1) is 19.9. The van der Waals surface area contributed by atoms with Crippen LogP contribution in [0.4, 0.5) is 0 Å². The minimum Gasteiger partial charge on any atom is -0.342 e. The van der Waals surface area contributed by atoms with Crippen molar-refractivity contribution < 1.29 is 4.79 Å². The number of nitrogens with zero attached hydrogens (tertiary/aromatic N) is 3. The zero-order chi connectivity index (χ0) is 20.7. The van der Waals surface area contributed by atoms with E-state index in [0.29, 0.717) is 10.8 Å². The first-order valence-electron chi connectivity index (χ1n) is 9.53. The fourth-order valence-electron chi connectivity index (χ4n) is 3.81. The summed E-state index contributed by atoms with van der Waals surface area (Å²) in [5.74, 6) is -0.0713. The molecule has 0 unspecified atom stereocenters. The lowest BCUT2D eigenvalue weighted by Gasteiger charge is -2.10. The van der Waals surface area contributed by atoms with Gasteiger partial charge >= 0.3 is 0 Å². The van der Waals surface area contributed by atoms with Crippen LogP contribution in [0.3, 0.4) is 0 Å². The van der Waals surface area contributed by atoms with E-state index in [4.69, 9.17) is 12.2 Å². The quantitative estimate of drug-likeness (QED) is 0.397. The van der Waals surface area contributed by atoms with Crippen LogP contribution in [0, 0.1) is 0 Å². The van der Waals surface area contributed by atoms with Crippen molar-refractivity contribution >= 4 is 56.1 Å². The number of halogens is 1. The molecule has 0 radical (unpaired) electrons. The predicted molar refractivity (Wildman–Crippen MR) is 126 cm³/mol. The monoisotopic (exact) mass is 467 g/mol. The van der Waals surface area contributed by atoms with Gasteiger partial charge in [0.15, 0.2) is 5.11 Å². The van der Waals surface area contributed by atoms with E-state index in [1.807, 2.05) is 13.1 Å². The van der Waals surface area contributed by atoms with Crippen LogP contribution in [0.15, 0.2) is 58.8 Å². The number of aromatic nitrogens is 1. The molecule has 1 saturated heterocycles. The predicted octanol–water partition coefficient (Wildman–Crippen LogP) is 5.04. The van der Waals surface area contributed by atoms with Gasteiger partial charge in [0.25, 0.3) is 5.91 Å². The molecule has 1 aromatic heterocycles. The van der Waals surface area contributed by atoms with Crippen LogP contribution < -0.4 is 0 Å². The summed E-state index contributed by atoms with van der Waals surface area (Å²) in [5, 5.41) is 1.67.